The molecule has 0 bridgehead atoms. The van der Waals surface area contributed by atoms with Crippen LogP contribution in [0.3, 0.4) is 0 Å². The minimum absolute atomic E-state index is 0.0382. The molecule has 6 heteroatoms. The van der Waals surface area contributed by atoms with Crippen molar-refractivity contribution in [2.75, 3.05) is 7.11 Å². The number of allylic oxidation sites excluding steroid dienone is 2. The molecule has 1 N–H and O–H groups in total. The number of fused-ring (bicyclic) bond motifs is 5. The van der Waals surface area contributed by atoms with Gasteiger partial charge < -0.3 is 19.3 Å². The summed E-state index contributed by atoms with van der Waals surface area (Å²) < 4.78 is 16.4. The number of methoxy groups -OCH3 is 1. The maximum Gasteiger partial charge on any atom is 0.305 e. The molecular weight excluding hydrogens is 480 g/mol. The van der Waals surface area contributed by atoms with Gasteiger partial charge in [-0.25, -0.2) is 0 Å². The summed E-state index contributed by atoms with van der Waals surface area (Å²) in [4.78, 5) is 23.1. The third kappa shape index (κ3) is 5.46. The monoisotopic (exact) mass is 532 g/mol. The number of hydrogen-bond donors (Lipinski definition) is 1. The van der Waals surface area contributed by atoms with Crippen molar-refractivity contribution in [3.8, 4) is 0 Å². The number of carbonyl (C=O) groups excluding carboxylic acids is 2. The van der Waals surface area contributed by atoms with Crippen LogP contribution in [0.25, 0.3) is 0 Å². The van der Waals surface area contributed by atoms with Crippen molar-refractivity contribution in [1.29, 1.82) is 0 Å². The Hall–Kier alpha value is -1.40. The summed E-state index contributed by atoms with van der Waals surface area (Å²) in [6.07, 6.45) is 14.0. The van der Waals surface area contributed by atoms with Gasteiger partial charge in [0.25, 0.3) is 6.29 Å². The van der Waals surface area contributed by atoms with Crippen molar-refractivity contribution in [1.82, 2.24) is 0 Å². The number of hydrogen-bond acceptors (Lipinski definition) is 6. The summed E-state index contributed by atoms with van der Waals surface area (Å²) in [6.45, 7) is 11.5. The van der Waals surface area contributed by atoms with E-state index in [4.69, 9.17) is 14.2 Å². The van der Waals surface area contributed by atoms with E-state index in [1.165, 1.54) is 71.6 Å². The minimum atomic E-state index is -1.50. The highest BCUT2D eigenvalue weighted by molar-refractivity contribution is 5.68. The van der Waals surface area contributed by atoms with Gasteiger partial charge in [-0.1, -0.05) is 38.8 Å². The molecule has 4 rings (SSSR count). The highest BCUT2D eigenvalue weighted by Gasteiger charge is 2.59. The summed E-state index contributed by atoms with van der Waals surface area (Å²) in [5.41, 5.74) is 1.00. The lowest BCUT2D eigenvalue weighted by Gasteiger charge is -2.58. The first-order chi connectivity index (χ1) is 17.8. The molecule has 0 radical (unpaired) electrons. The maximum absolute atomic E-state index is 11.6. The molecule has 0 saturated heterocycles. The molecule has 4 aliphatic carbocycles. The minimum Gasteiger partial charge on any atom is -0.422 e. The topological polar surface area (TPSA) is 82.1 Å². The average Bonchev–Trinajstić information content (AvgIpc) is 3.20. The van der Waals surface area contributed by atoms with E-state index in [-0.39, 0.29) is 6.10 Å². The first-order valence-electron chi connectivity index (χ1n) is 15.1. The number of ether oxygens (including phenoxy) is 3. The van der Waals surface area contributed by atoms with Crippen LogP contribution in [-0.2, 0) is 23.8 Å². The maximum atomic E-state index is 11.6. The van der Waals surface area contributed by atoms with Gasteiger partial charge in [0.1, 0.15) is 5.60 Å². The van der Waals surface area contributed by atoms with Gasteiger partial charge in [-0.2, -0.15) is 0 Å². The largest absolute Gasteiger partial charge is 0.422 e. The van der Waals surface area contributed by atoms with Gasteiger partial charge in [0, 0.05) is 21.0 Å². The highest BCUT2D eigenvalue weighted by atomic mass is 16.7. The Morgan fingerprint density at radius 1 is 1.08 bits per heavy atom. The van der Waals surface area contributed by atoms with Crippen molar-refractivity contribution in [3.63, 3.8) is 0 Å². The average molecular weight is 533 g/mol. The molecule has 0 amide bonds. The van der Waals surface area contributed by atoms with Gasteiger partial charge in [-0.3, -0.25) is 9.59 Å². The number of esters is 2. The molecule has 4 aliphatic rings. The molecule has 3 saturated carbocycles. The lowest BCUT2D eigenvalue weighted by atomic mass is 9.47. The molecule has 0 aromatic rings. The Balaban J connectivity index is 1.45. The van der Waals surface area contributed by atoms with Crippen LogP contribution in [0, 0.1) is 40.4 Å². The van der Waals surface area contributed by atoms with Gasteiger partial charge in [-0.15, -0.1) is 0 Å². The molecule has 0 spiro atoms. The quantitative estimate of drug-likeness (QED) is 0.205. The van der Waals surface area contributed by atoms with Crippen molar-refractivity contribution < 1.29 is 28.9 Å². The smallest absolute Gasteiger partial charge is 0.305 e. The zero-order chi connectivity index (χ0) is 27.9. The second-order valence-corrected chi connectivity index (χ2v) is 13.8. The van der Waals surface area contributed by atoms with E-state index in [0.717, 1.165) is 17.8 Å². The molecule has 38 heavy (non-hydrogen) atoms. The van der Waals surface area contributed by atoms with E-state index in [1.54, 1.807) is 19.6 Å². The van der Waals surface area contributed by atoms with Crippen molar-refractivity contribution in [2.24, 2.45) is 40.4 Å². The second-order valence-electron chi connectivity index (χ2n) is 13.8. The first-order valence-corrected chi connectivity index (χ1v) is 15.1. The van der Waals surface area contributed by atoms with Crippen LogP contribution in [0.1, 0.15) is 112 Å². The standard InChI is InChI=1S/C32H52O6/c1-20(28(36-7)16-19-32(6,35)29(37-21(2)33)38-22(3)34)25-13-14-26-24-12-11-23-10-8-9-17-30(23,4)27(24)15-18-31(25,26)5/h11,20,24-29,35H,8-10,12-19H2,1-7H3/t20-,24-,25+,26-,27-,28?,30-,31+,32?/m0/s1. The van der Waals surface area contributed by atoms with Gasteiger partial charge in [0.2, 0.25) is 0 Å². The molecule has 2 unspecified atom stereocenters. The Kier molecular flexibility index (Phi) is 8.74. The van der Waals surface area contributed by atoms with Gasteiger partial charge >= 0.3 is 11.9 Å². The molecule has 6 nitrogen and oxygen atoms in total. The molecule has 0 aromatic heterocycles. The normalized spacial score (nSPS) is 37.7. The fourth-order valence-electron chi connectivity index (χ4n) is 9.59. The van der Waals surface area contributed by atoms with E-state index in [0.29, 0.717) is 35.5 Å². The van der Waals surface area contributed by atoms with Crippen LogP contribution in [0.15, 0.2) is 11.6 Å². The highest BCUT2D eigenvalue weighted by Crippen LogP contribution is 2.67. The number of carbonyl (C=O) groups is 2. The van der Waals surface area contributed by atoms with Crippen LogP contribution in [-0.4, -0.2) is 42.1 Å². The fraction of sp³-hybridized carbons (Fsp3) is 0.875. The molecular formula is C32H52O6. The zero-order valence-corrected chi connectivity index (χ0v) is 24.9. The fourth-order valence-corrected chi connectivity index (χ4v) is 9.59. The van der Waals surface area contributed by atoms with E-state index >= 15 is 0 Å². The van der Waals surface area contributed by atoms with Crippen LogP contribution >= 0.6 is 0 Å². The van der Waals surface area contributed by atoms with Gasteiger partial charge in [0.05, 0.1) is 6.10 Å². The molecule has 9 atom stereocenters. The third-order valence-corrected chi connectivity index (χ3v) is 11.6. The van der Waals surface area contributed by atoms with E-state index < -0.39 is 23.8 Å². The van der Waals surface area contributed by atoms with Crippen molar-refractivity contribution in [2.45, 2.75) is 130 Å². The lowest BCUT2D eigenvalue weighted by Crippen LogP contribution is -2.50. The summed E-state index contributed by atoms with van der Waals surface area (Å²) in [7, 11) is 1.76. The van der Waals surface area contributed by atoms with E-state index in [9.17, 15) is 14.7 Å². The molecule has 0 heterocycles. The SMILES string of the molecule is COC(CCC(C)(O)C(OC(C)=O)OC(C)=O)[C@@H](C)[C@H]1CC[C@H]2[C@@H]3CC=C4CCCC[C@]4(C)[C@H]3CC[C@]12C. The van der Waals surface area contributed by atoms with E-state index in [2.05, 4.69) is 26.8 Å². The van der Waals surface area contributed by atoms with Crippen molar-refractivity contribution >= 4 is 11.9 Å². The molecule has 216 valence electrons. The number of rotatable bonds is 9. The van der Waals surface area contributed by atoms with Gasteiger partial charge in [-0.05, 0) is 112 Å². The van der Waals surface area contributed by atoms with Crippen LogP contribution in [0.4, 0.5) is 0 Å². The summed E-state index contributed by atoms with van der Waals surface area (Å²) in [5.74, 6) is 2.12. The molecule has 0 aromatic carbocycles. The lowest BCUT2D eigenvalue weighted by molar-refractivity contribution is -0.228. The van der Waals surface area contributed by atoms with Crippen molar-refractivity contribution in [3.05, 3.63) is 11.6 Å². The number of aliphatic hydroxyl groups is 1. The second kappa shape index (κ2) is 11.2. The Morgan fingerprint density at radius 2 is 1.76 bits per heavy atom. The molecule has 0 aliphatic heterocycles. The summed E-state index contributed by atoms with van der Waals surface area (Å²) in [5, 5.41) is 11.1. The Bertz CT molecular complexity index is 894. The Morgan fingerprint density at radius 3 is 2.39 bits per heavy atom. The van der Waals surface area contributed by atoms with E-state index in [1.807, 2.05) is 0 Å². The van der Waals surface area contributed by atoms with Crippen LogP contribution in [0.5, 0.6) is 0 Å². The third-order valence-electron chi connectivity index (χ3n) is 11.6. The summed E-state index contributed by atoms with van der Waals surface area (Å²) in [6, 6.07) is 0. The Labute approximate surface area is 230 Å². The predicted molar refractivity (Wildman–Crippen MR) is 147 cm³/mol. The van der Waals surface area contributed by atoms with Crippen LogP contribution in [0.2, 0.25) is 0 Å². The summed E-state index contributed by atoms with van der Waals surface area (Å²) >= 11 is 0. The van der Waals surface area contributed by atoms with Gasteiger partial charge in [0.15, 0.2) is 0 Å². The van der Waals surface area contributed by atoms with Crippen LogP contribution < -0.4 is 0 Å². The predicted octanol–water partition coefficient (Wildman–Crippen LogP) is 6.59. The molecule has 3 fully saturated rings. The zero-order valence-electron chi connectivity index (χ0n) is 24.9. The first kappa shape index (κ1) is 29.6.